The van der Waals surface area contributed by atoms with Gasteiger partial charge in [-0.15, -0.1) is 11.8 Å². The summed E-state index contributed by atoms with van der Waals surface area (Å²) in [5.74, 6) is 6.00. The number of hydrogen-bond acceptors (Lipinski definition) is 3. The second kappa shape index (κ2) is 6.90. The van der Waals surface area contributed by atoms with Gasteiger partial charge in [-0.2, -0.15) is 0 Å². The fraction of sp³-hybridized carbons (Fsp3) is 0.846. The van der Waals surface area contributed by atoms with Crippen LogP contribution in [0.4, 0.5) is 0 Å². The van der Waals surface area contributed by atoms with E-state index in [1.54, 1.807) is 0 Å². The second-order valence-corrected chi connectivity index (χ2v) is 4.86. The first-order valence-electron chi connectivity index (χ1n) is 6.17. The molecule has 1 heterocycles. The molecule has 2 N–H and O–H groups in total. The number of rotatable bonds is 4. The molecule has 0 bridgehead atoms. The predicted molar refractivity (Wildman–Crippen MR) is 69.2 cm³/mol. The standard InChI is InChI=1S/C13H25N3/c1-4-5-6-7-12(14)10-13-11-15(2)8-9-16(13)3/h12-13H,6-11,14H2,1-3H3. The molecule has 1 aliphatic heterocycles. The van der Waals surface area contributed by atoms with Gasteiger partial charge in [0.15, 0.2) is 0 Å². The highest BCUT2D eigenvalue weighted by Gasteiger charge is 2.23. The molecule has 0 spiro atoms. The van der Waals surface area contributed by atoms with E-state index in [-0.39, 0.29) is 0 Å². The van der Waals surface area contributed by atoms with Crippen LogP contribution in [0.15, 0.2) is 0 Å². The molecule has 0 radical (unpaired) electrons. The molecule has 0 aromatic carbocycles. The summed E-state index contributed by atoms with van der Waals surface area (Å²) < 4.78 is 0. The van der Waals surface area contributed by atoms with E-state index in [2.05, 4.69) is 35.7 Å². The quantitative estimate of drug-likeness (QED) is 0.714. The van der Waals surface area contributed by atoms with Crippen molar-refractivity contribution in [3.05, 3.63) is 0 Å². The van der Waals surface area contributed by atoms with Crippen LogP contribution in [-0.2, 0) is 0 Å². The van der Waals surface area contributed by atoms with Gasteiger partial charge in [0.25, 0.3) is 0 Å². The molecule has 0 aliphatic carbocycles. The van der Waals surface area contributed by atoms with E-state index in [1.165, 1.54) is 6.54 Å². The molecule has 0 aromatic heterocycles. The number of hydrogen-bond donors (Lipinski definition) is 1. The fourth-order valence-electron chi connectivity index (χ4n) is 2.21. The van der Waals surface area contributed by atoms with Crippen LogP contribution in [0.5, 0.6) is 0 Å². The van der Waals surface area contributed by atoms with Crippen molar-refractivity contribution in [3.8, 4) is 11.8 Å². The maximum atomic E-state index is 6.14. The van der Waals surface area contributed by atoms with Gasteiger partial charge in [0, 0.05) is 38.1 Å². The smallest absolute Gasteiger partial charge is 0.0235 e. The summed E-state index contributed by atoms with van der Waals surface area (Å²) in [5, 5.41) is 0. The Balaban J connectivity index is 2.29. The highest BCUT2D eigenvalue weighted by Crippen LogP contribution is 2.12. The molecule has 1 aliphatic rings. The molecule has 92 valence electrons. The lowest BCUT2D eigenvalue weighted by Crippen LogP contribution is -2.51. The Morgan fingerprint density at radius 1 is 1.38 bits per heavy atom. The second-order valence-electron chi connectivity index (χ2n) is 4.86. The molecule has 0 saturated carbocycles. The lowest BCUT2D eigenvalue weighted by molar-refractivity contribution is 0.103. The third-order valence-corrected chi connectivity index (χ3v) is 3.37. The maximum absolute atomic E-state index is 6.14. The van der Waals surface area contributed by atoms with Crippen molar-refractivity contribution in [1.82, 2.24) is 9.80 Å². The van der Waals surface area contributed by atoms with Crippen molar-refractivity contribution >= 4 is 0 Å². The van der Waals surface area contributed by atoms with Crippen molar-refractivity contribution < 1.29 is 0 Å². The van der Waals surface area contributed by atoms with Crippen molar-refractivity contribution in [1.29, 1.82) is 0 Å². The number of piperazine rings is 1. The third-order valence-electron chi connectivity index (χ3n) is 3.37. The predicted octanol–water partition coefficient (Wildman–Crippen LogP) is 0.753. The molecule has 2 atom stereocenters. The molecule has 0 amide bonds. The summed E-state index contributed by atoms with van der Waals surface area (Å²) in [6.07, 6.45) is 3.05. The van der Waals surface area contributed by atoms with Gasteiger partial charge in [-0.1, -0.05) is 0 Å². The van der Waals surface area contributed by atoms with Gasteiger partial charge >= 0.3 is 0 Å². The van der Waals surface area contributed by atoms with Crippen molar-refractivity contribution in [2.45, 2.75) is 38.3 Å². The summed E-state index contributed by atoms with van der Waals surface area (Å²) in [5.41, 5.74) is 6.14. The summed E-state index contributed by atoms with van der Waals surface area (Å²) in [4.78, 5) is 4.83. The number of nitrogens with two attached hydrogens (primary N) is 1. The van der Waals surface area contributed by atoms with Gasteiger partial charge in [0.2, 0.25) is 0 Å². The monoisotopic (exact) mass is 223 g/mol. The van der Waals surface area contributed by atoms with Crippen molar-refractivity contribution in [2.24, 2.45) is 5.73 Å². The van der Waals surface area contributed by atoms with Crippen molar-refractivity contribution in [3.63, 3.8) is 0 Å². The maximum Gasteiger partial charge on any atom is 0.0235 e. The Morgan fingerprint density at radius 2 is 2.12 bits per heavy atom. The summed E-state index contributed by atoms with van der Waals surface area (Å²) in [6, 6.07) is 0.906. The summed E-state index contributed by atoms with van der Waals surface area (Å²) >= 11 is 0. The molecule has 2 unspecified atom stereocenters. The van der Waals surface area contributed by atoms with E-state index in [0.717, 1.165) is 32.4 Å². The molecule has 0 aromatic rings. The normalized spacial score (nSPS) is 24.9. The first-order valence-corrected chi connectivity index (χ1v) is 6.17. The van der Waals surface area contributed by atoms with Crippen LogP contribution in [0.1, 0.15) is 26.2 Å². The number of likely N-dealkylation sites (N-methyl/N-ethyl adjacent to an activating group) is 2. The Hall–Kier alpha value is -0.560. The van der Waals surface area contributed by atoms with Gasteiger partial charge in [-0.05, 0) is 33.9 Å². The first-order chi connectivity index (χ1) is 7.63. The fourth-order valence-corrected chi connectivity index (χ4v) is 2.21. The van der Waals surface area contributed by atoms with E-state index in [0.29, 0.717) is 12.1 Å². The Bertz CT molecular complexity index is 254. The summed E-state index contributed by atoms with van der Waals surface area (Å²) in [6.45, 7) is 5.35. The molecule has 1 fully saturated rings. The van der Waals surface area contributed by atoms with E-state index >= 15 is 0 Å². The molecule has 16 heavy (non-hydrogen) atoms. The molecular weight excluding hydrogens is 198 g/mol. The third kappa shape index (κ3) is 4.52. The van der Waals surface area contributed by atoms with E-state index in [1.807, 2.05) is 6.92 Å². The summed E-state index contributed by atoms with van der Waals surface area (Å²) in [7, 11) is 4.39. The van der Waals surface area contributed by atoms with Crippen LogP contribution in [0.25, 0.3) is 0 Å². The lowest BCUT2D eigenvalue weighted by Gasteiger charge is -2.38. The molecule has 1 saturated heterocycles. The van der Waals surface area contributed by atoms with Crippen LogP contribution >= 0.6 is 0 Å². The highest BCUT2D eigenvalue weighted by atomic mass is 15.3. The van der Waals surface area contributed by atoms with Gasteiger partial charge in [-0.25, -0.2) is 0 Å². The Labute approximate surface area is 100.0 Å². The lowest BCUT2D eigenvalue weighted by atomic mass is 10.0. The SMILES string of the molecule is CC#CCCC(N)CC1CN(C)CCN1C. The van der Waals surface area contributed by atoms with Crippen LogP contribution < -0.4 is 5.73 Å². The van der Waals surface area contributed by atoms with Crippen LogP contribution in [0.2, 0.25) is 0 Å². The zero-order chi connectivity index (χ0) is 12.0. The minimum Gasteiger partial charge on any atom is -0.328 e. The zero-order valence-electron chi connectivity index (χ0n) is 10.9. The average molecular weight is 223 g/mol. The topological polar surface area (TPSA) is 32.5 Å². The number of nitrogens with zero attached hydrogens (tertiary/aromatic N) is 2. The minimum atomic E-state index is 0.291. The van der Waals surface area contributed by atoms with Crippen LogP contribution in [0, 0.1) is 11.8 Å². The van der Waals surface area contributed by atoms with Crippen LogP contribution in [-0.4, -0.2) is 55.6 Å². The molecule has 3 heteroatoms. The largest absolute Gasteiger partial charge is 0.328 e. The van der Waals surface area contributed by atoms with Gasteiger partial charge < -0.3 is 15.5 Å². The van der Waals surface area contributed by atoms with Gasteiger partial charge in [0.05, 0.1) is 0 Å². The molecule has 1 rings (SSSR count). The zero-order valence-corrected chi connectivity index (χ0v) is 10.9. The minimum absolute atomic E-state index is 0.291. The first kappa shape index (κ1) is 13.5. The molecule has 3 nitrogen and oxygen atoms in total. The van der Waals surface area contributed by atoms with E-state index in [9.17, 15) is 0 Å². The molecular formula is C13H25N3. The van der Waals surface area contributed by atoms with Gasteiger partial charge in [0.1, 0.15) is 0 Å². The van der Waals surface area contributed by atoms with E-state index < -0.39 is 0 Å². The highest BCUT2D eigenvalue weighted by molar-refractivity contribution is 4.95. The van der Waals surface area contributed by atoms with Crippen molar-refractivity contribution in [2.75, 3.05) is 33.7 Å². The Kier molecular flexibility index (Phi) is 5.83. The average Bonchev–Trinajstić information content (AvgIpc) is 2.24. The Morgan fingerprint density at radius 3 is 2.81 bits per heavy atom. The van der Waals surface area contributed by atoms with E-state index in [4.69, 9.17) is 5.73 Å². The van der Waals surface area contributed by atoms with Crippen LogP contribution in [0.3, 0.4) is 0 Å². The van der Waals surface area contributed by atoms with Gasteiger partial charge in [-0.3, -0.25) is 0 Å².